The molecule has 4 aromatic rings. The number of aryl methyl sites for hydroxylation is 1. The van der Waals surface area contributed by atoms with E-state index in [4.69, 9.17) is 0 Å². The Morgan fingerprint density at radius 3 is 2.72 bits per heavy atom. The van der Waals surface area contributed by atoms with Crippen LogP contribution >= 0.6 is 11.3 Å². The number of halogens is 1. The van der Waals surface area contributed by atoms with E-state index < -0.39 is 35.1 Å². The zero-order valence-corrected chi connectivity index (χ0v) is 22.1. The van der Waals surface area contributed by atoms with Gasteiger partial charge in [0.2, 0.25) is 0 Å². The highest BCUT2D eigenvalue weighted by atomic mass is 32.1. The molecule has 0 radical (unpaired) electrons. The Morgan fingerprint density at radius 2 is 1.97 bits per heavy atom. The molecule has 2 aromatic heterocycles. The quantitative estimate of drug-likeness (QED) is 0.255. The second-order valence-electron chi connectivity index (χ2n) is 9.34. The SMILES string of the molecule is C[C@@H](C#Cc1nccs1)NC(=O)C(=O)NCc1ccccc1C(=O)NC1(c2ccc3nn(C)cc3c2F)CC1. The van der Waals surface area contributed by atoms with E-state index in [0.29, 0.717) is 45.4 Å². The molecule has 3 amide bonds. The van der Waals surface area contributed by atoms with Crippen molar-refractivity contribution >= 4 is 40.0 Å². The molecular weight excluding hydrogens is 519 g/mol. The summed E-state index contributed by atoms with van der Waals surface area (Å²) in [6, 6.07) is 9.62. The zero-order valence-electron chi connectivity index (χ0n) is 21.2. The molecule has 1 aliphatic rings. The molecule has 39 heavy (non-hydrogen) atoms. The molecule has 198 valence electrons. The van der Waals surface area contributed by atoms with Gasteiger partial charge in [0.25, 0.3) is 5.91 Å². The highest BCUT2D eigenvalue weighted by Gasteiger charge is 2.48. The van der Waals surface area contributed by atoms with Gasteiger partial charge in [-0.1, -0.05) is 30.2 Å². The predicted octanol–water partition coefficient (Wildman–Crippen LogP) is 2.76. The molecule has 11 heteroatoms. The van der Waals surface area contributed by atoms with Gasteiger partial charge in [-0.25, -0.2) is 9.37 Å². The Hall–Kier alpha value is -4.56. The lowest BCUT2D eigenvalue weighted by Gasteiger charge is -2.20. The Labute approximate surface area is 227 Å². The lowest BCUT2D eigenvalue weighted by Crippen LogP contribution is -2.43. The van der Waals surface area contributed by atoms with Crippen LogP contribution in [0.5, 0.6) is 0 Å². The average molecular weight is 545 g/mol. The fourth-order valence-corrected chi connectivity index (χ4v) is 4.81. The van der Waals surface area contributed by atoms with Crippen LogP contribution in [0.15, 0.2) is 54.2 Å². The van der Waals surface area contributed by atoms with Crippen LogP contribution in [-0.2, 0) is 28.7 Å². The van der Waals surface area contributed by atoms with E-state index in [2.05, 4.69) is 37.9 Å². The van der Waals surface area contributed by atoms with Crippen molar-refractivity contribution in [3.8, 4) is 11.8 Å². The standard InChI is InChI=1S/C28H25FN6O3S/c1-17(7-10-23-30-13-14-39-23)32-27(38)26(37)31-15-18-5-3-4-6-19(18)25(36)33-28(11-12-28)21-8-9-22-20(24(21)29)16-35(2)34-22/h3-6,8-9,13-14,16-17H,11-12,15H2,1-2H3,(H,31,37)(H,32,38)(H,33,36)/t17-/m0/s1. The van der Waals surface area contributed by atoms with E-state index in [0.717, 1.165) is 0 Å². The Morgan fingerprint density at radius 1 is 1.18 bits per heavy atom. The first-order valence-electron chi connectivity index (χ1n) is 12.3. The fraction of sp³-hybridized carbons (Fsp3) is 0.250. The van der Waals surface area contributed by atoms with Crippen molar-refractivity contribution in [2.45, 2.75) is 37.9 Å². The molecule has 0 aliphatic heterocycles. The van der Waals surface area contributed by atoms with Crippen molar-refractivity contribution in [1.29, 1.82) is 0 Å². The summed E-state index contributed by atoms with van der Waals surface area (Å²) in [5, 5.41) is 15.1. The summed E-state index contributed by atoms with van der Waals surface area (Å²) in [7, 11) is 1.73. The fourth-order valence-electron chi connectivity index (χ4n) is 4.32. The molecule has 1 saturated carbocycles. The van der Waals surface area contributed by atoms with Crippen LogP contribution < -0.4 is 16.0 Å². The summed E-state index contributed by atoms with van der Waals surface area (Å²) < 4.78 is 16.9. The molecule has 2 aromatic carbocycles. The molecule has 0 bridgehead atoms. The van der Waals surface area contributed by atoms with Gasteiger partial charge < -0.3 is 16.0 Å². The third kappa shape index (κ3) is 5.66. The van der Waals surface area contributed by atoms with Crippen molar-refractivity contribution in [2.24, 2.45) is 7.05 Å². The number of amides is 3. The first-order chi connectivity index (χ1) is 18.8. The summed E-state index contributed by atoms with van der Waals surface area (Å²) in [6.07, 6.45) is 4.45. The van der Waals surface area contributed by atoms with E-state index >= 15 is 4.39 Å². The maximum absolute atomic E-state index is 15.3. The van der Waals surface area contributed by atoms with E-state index in [-0.39, 0.29) is 6.54 Å². The lowest BCUT2D eigenvalue weighted by atomic mass is 10.00. The Balaban J connectivity index is 1.23. The van der Waals surface area contributed by atoms with E-state index in [1.165, 1.54) is 11.3 Å². The Kier molecular flexibility index (Phi) is 7.13. The highest BCUT2D eigenvalue weighted by molar-refractivity contribution is 7.10. The van der Waals surface area contributed by atoms with Gasteiger partial charge in [-0.2, -0.15) is 5.10 Å². The van der Waals surface area contributed by atoms with Crippen LogP contribution in [0.4, 0.5) is 4.39 Å². The normalized spacial score (nSPS) is 14.1. The van der Waals surface area contributed by atoms with Crippen molar-refractivity contribution in [2.75, 3.05) is 0 Å². The van der Waals surface area contributed by atoms with Gasteiger partial charge in [0.15, 0.2) is 5.01 Å². The van der Waals surface area contributed by atoms with E-state index in [1.54, 1.807) is 72.8 Å². The topological polar surface area (TPSA) is 118 Å². The number of nitrogens with one attached hydrogen (secondary N) is 3. The van der Waals surface area contributed by atoms with Gasteiger partial charge in [0.05, 0.1) is 22.5 Å². The first-order valence-corrected chi connectivity index (χ1v) is 13.2. The second kappa shape index (κ2) is 10.7. The van der Waals surface area contributed by atoms with Gasteiger partial charge in [0, 0.05) is 42.5 Å². The number of nitrogens with zero attached hydrogens (tertiary/aromatic N) is 3. The summed E-state index contributed by atoms with van der Waals surface area (Å²) >= 11 is 1.38. The van der Waals surface area contributed by atoms with Gasteiger partial charge in [-0.05, 0) is 43.4 Å². The minimum atomic E-state index is -0.849. The minimum Gasteiger partial charge on any atom is -0.344 e. The first kappa shape index (κ1) is 26.1. The number of hydrogen-bond donors (Lipinski definition) is 3. The van der Waals surface area contributed by atoms with E-state index in [1.807, 2.05) is 0 Å². The van der Waals surface area contributed by atoms with Gasteiger partial charge in [0.1, 0.15) is 5.82 Å². The average Bonchev–Trinajstić information content (AvgIpc) is 3.31. The van der Waals surface area contributed by atoms with Crippen molar-refractivity contribution in [1.82, 2.24) is 30.7 Å². The maximum atomic E-state index is 15.3. The minimum absolute atomic E-state index is 0.0436. The maximum Gasteiger partial charge on any atom is 0.310 e. The number of thiazole rings is 1. The largest absolute Gasteiger partial charge is 0.344 e. The van der Waals surface area contributed by atoms with Crippen LogP contribution in [0.2, 0.25) is 0 Å². The van der Waals surface area contributed by atoms with Crippen LogP contribution in [0.25, 0.3) is 10.9 Å². The van der Waals surface area contributed by atoms with Crippen molar-refractivity contribution < 1.29 is 18.8 Å². The van der Waals surface area contributed by atoms with Gasteiger partial charge >= 0.3 is 11.8 Å². The van der Waals surface area contributed by atoms with Crippen LogP contribution in [-0.4, -0.2) is 38.5 Å². The molecule has 0 unspecified atom stereocenters. The number of aromatic nitrogens is 3. The number of hydrogen-bond acceptors (Lipinski definition) is 6. The third-order valence-corrected chi connectivity index (χ3v) is 7.13. The molecule has 9 nitrogen and oxygen atoms in total. The Bertz CT molecular complexity index is 1630. The number of benzene rings is 2. The highest BCUT2D eigenvalue weighted by Crippen LogP contribution is 2.47. The molecule has 1 atom stereocenters. The second-order valence-corrected chi connectivity index (χ2v) is 10.2. The molecule has 5 rings (SSSR count). The molecular formula is C28H25FN6O3S. The molecule has 2 heterocycles. The number of fused-ring (bicyclic) bond motifs is 1. The van der Waals surface area contributed by atoms with Crippen LogP contribution in [0.1, 0.15) is 46.3 Å². The van der Waals surface area contributed by atoms with Crippen LogP contribution in [0, 0.1) is 17.7 Å². The summed E-state index contributed by atoms with van der Waals surface area (Å²) in [6.45, 7) is 1.62. The number of rotatable bonds is 6. The van der Waals surface area contributed by atoms with Crippen LogP contribution in [0.3, 0.4) is 0 Å². The smallest absolute Gasteiger partial charge is 0.310 e. The summed E-state index contributed by atoms with van der Waals surface area (Å²) in [4.78, 5) is 42.1. The predicted molar refractivity (Wildman–Crippen MR) is 144 cm³/mol. The van der Waals surface area contributed by atoms with Crippen molar-refractivity contribution in [3.63, 3.8) is 0 Å². The third-order valence-electron chi connectivity index (χ3n) is 6.44. The summed E-state index contributed by atoms with van der Waals surface area (Å²) in [5.74, 6) is 3.19. The lowest BCUT2D eigenvalue weighted by molar-refractivity contribution is -0.139. The summed E-state index contributed by atoms with van der Waals surface area (Å²) in [5.41, 5.74) is 1.01. The molecule has 1 fully saturated rings. The molecule has 0 spiro atoms. The molecule has 0 saturated heterocycles. The van der Waals surface area contributed by atoms with E-state index in [9.17, 15) is 14.4 Å². The molecule has 1 aliphatic carbocycles. The molecule has 3 N–H and O–H groups in total. The van der Waals surface area contributed by atoms with Gasteiger partial charge in [-0.15, -0.1) is 11.3 Å². The monoisotopic (exact) mass is 544 g/mol. The number of carbonyl (C=O) groups excluding carboxylic acids is 3. The van der Waals surface area contributed by atoms with Gasteiger partial charge in [-0.3, -0.25) is 19.1 Å². The van der Waals surface area contributed by atoms with Crippen molar-refractivity contribution in [3.05, 3.63) is 81.7 Å². The number of carbonyl (C=O) groups is 3. The zero-order chi connectivity index (χ0) is 27.6.